The molecule has 10 heteroatoms. The molecule has 204 valence electrons. The first-order valence-corrected chi connectivity index (χ1v) is 14.6. The van der Waals surface area contributed by atoms with Crippen molar-refractivity contribution in [1.82, 2.24) is 25.2 Å². The Balaban J connectivity index is 1.35. The number of carbonyl (C=O) groups is 2. The van der Waals surface area contributed by atoms with Crippen molar-refractivity contribution in [2.75, 3.05) is 18.4 Å². The highest BCUT2D eigenvalue weighted by atomic mass is 35.5. The van der Waals surface area contributed by atoms with Crippen molar-refractivity contribution in [3.8, 4) is 0 Å². The molecule has 1 saturated heterocycles. The fraction of sp³-hybridized carbons (Fsp3) is 0.379. The number of imidazole rings is 1. The van der Waals surface area contributed by atoms with Crippen LogP contribution in [0.5, 0.6) is 0 Å². The summed E-state index contributed by atoms with van der Waals surface area (Å²) in [5.74, 6) is 0.474. The molecule has 0 saturated carbocycles. The van der Waals surface area contributed by atoms with Gasteiger partial charge in [-0.3, -0.25) is 9.59 Å². The third-order valence-electron chi connectivity index (χ3n) is 6.86. The second-order valence-electron chi connectivity index (χ2n) is 10.3. The smallest absolute Gasteiger partial charge is 0.254 e. The molecule has 0 radical (unpaired) electrons. The van der Waals surface area contributed by atoms with Gasteiger partial charge in [0.2, 0.25) is 0 Å². The number of aromatic amines is 1. The highest BCUT2D eigenvalue weighted by Crippen LogP contribution is 2.25. The zero-order chi connectivity index (χ0) is 27.5. The number of rotatable bonds is 9. The minimum atomic E-state index is -0.377. The number of hydrogen-bond donors (Lipinski definition) is 3. The number of aryl methyl sites for hydroxylation is 2. The summed E-state index contributed by atoms with van der Waals surface area (Å²) in [6.45, 7) is 7.62. The largest absolute Gasteiger partial charge is 0.359 e. The number of nitrogens with one attached hydrogen (secondary N) is 3. The van der Waals surface area contributed by atoms with Crippen LogP contribution in [-0.4, -0.2) is 50.8 Å². The molecule has 0 bridgehead atoms. The van der Waals surface area contributed by atoms with E-state index in [2.05, 4.69) is 34.4 Å². The van der Waals surface area contributed by atoms with Crippen molar-refractivity contribution in [2.45, 2.75) is 58.5 Å². The van der Waals surface area contributed by atoms with Gasteiger partial charge in [0.25, 0.3) is 11.8 Å². The summed E-state index contributed by atoms with van der Waals surface area (Å²) in [7, 11) is 0. The number of likely N-dealkylation sites (tertiary alicyclic amines) is 1. The molecule has 0 spiro atoms. The molecule has 1 atom stereocenters. The lowest BCUT2D eigenvalue weighted by Crippen LogP contribution is -2.30. The molecular formula is C29H33ClN6O2S. The van der Waals surface area contributed by atoms with Gasteiger partial charge in [0.1, 0.15) is 5.82 Å². The van der Waals surface area contributed by atoms with Crippen molar-refractivity contribution in [3.05, 3.63) is 75.0 Å². The van der Waals surface area contributed by atoms with Gasteiger partial charge in [-0.05, 0) is 88.4 Å². The number of nitrogens with zero attached hydrogens (tertiary/aromatic N) is 3. The van der Waals surface area contributed by atoms with Gasteiger partial charge >= 0.3 is 0 Å². The van der Waals surface area contributed by atoms with E-state index in [1.54, 1.807) is 35.6 Å². The molecule has 4 aromatic rings. The van der Waals surface area contributed by atoms with Crippen molar-refractivity contribution in [2.24, 2.45) is 0 Å². The first-order valence-electron chi connectivity index (χ1n) is 13.3. The molecule has 0 unspecified atom stereocenters. The van der Waals surface area contributed by atoms with Crippen LogP contribution >= 0.6 is 22.9 Å². The number of H-pyrrole nitrogens is 1. The van der Waals surface area contributed by atoms with E-state index < -0.39 is 0 Å². The summed E-state index contributed by atoms with van der Waals surface area (Å²) in [4.78, 5) is 41.0. The van der Waals surface area contributed by atoms with Gasteiger partial charge < -0.3 is 20.5 Å². The summed E-state index contributed by atoms with van der Waals surface area (Å²) < 4.78 is 0. The Bertz CT molecular complexity index is 1490. The minimum absolute atomic E-state index is 0.0327. The Hall–Kier alpha value is -3.43. The quantitative estimate of drug-likeness (QED) is 0.226. The summed E-state index contributed by atoms with van der Waals surface area (Å²) in [5, 5.41) is 10.0. The second-order valence-corrected chi connectivity index (χ2v) is 11.6. The molecule has 3 heterocycles. The highest BCUT2D eigenvalue weighted by molar-refractivity contribution is 7.13. The van der Waals surface area contributed by atoms with Gasteiger partial charge in [-0.1, -0.05) is 11.6 Å². The Morgan fingerprint density at radius 1 is 1.13 bits per heavy atom. The van der Waals surface area contributed by atoms with Crippen LogP contribution in [0.3, 0.4) is 0 Å². The number of aromatic nitrogens is 3. The molecule has 1 aliphatic heterocycles. The van der Waals surface area contributed by atoms with E-state index in [4.69, 9.17) is 16.6 Å². The van der Waals surface area contributed by atoms with Crippen LogP contribution < -0.4 is 10.6 Å². The van der Waals surface area contributed by atoms with E-state index in [0.29, 0.717) is 40.9 Å². The average Bonchev–Trinajstić information content (AvgIpc) is 3.66. The van der Waals surface area contributed by atoms with Crippen LogP contribution in [0.15, 0.2) is 41.8 Å². The van der Waals surface area contributed by atoms with E-state index >= 15 is 0 Å². The number of carbonyl (C=O) groups excluding carboxylic acids is 2. The molecule has 2 aromatic carbocycles. The third-order valence-corrected chi connectivity index (χ3v) is 7.92. The maximum Gasteiger partial charge on any atom is 0.254 e. The molecule has 5 rings (SSSR count). The fourth-order valence-electron chi connectivity index (χ4n) is 4.85. The zero-order valence-electron chi connectivity index (χ0n) is 22.4. The van der Waals surface area contributed by atoms with E-state index in [-0.39, 0.29) is 17.9 Å². The van der Waals surface area contributed by atoms with E-state index in [0.717, 1.165) is 53.4 Å². The SMILES string of the molecule is Cc1cc(C(=O)N[C@@H](CCc2csc(NC(C)C)n2)c2nc3ccc(Cl)cc3[nH]2)ccc1C(=O)N1CCCC1. The zero-order valence-corrected chi connectivity index (χ0v) is 24.0. The van der Waals surface area contributed by atoms with Gasteiger partial charge in [-0.25, -0.2) is 9.97 Å². The van der Waals surface area contributed by atoms with Gasteiger partial charge in [0, 0.05) is 40.7 Å². The Kier molecular flexibility index (Phi) is 8.18. The monoisotopic (exact) mass is 564 g/mol. The lowest BCUT2D eigenvalue weighted by Gasteiger charge is -2.18. The van der Waals surface area contributed by atoms with Gasteiger partial charge in [-0.15, -0.1) is 11.3 Å². The van der Waals surface area contributed by atoms with Crippen molar-refractivity contribution >= 4 is 50.9 Å². The number of fused-ring (bicyclic) bond motifs is 1. The van der Waals surface area contributed by atoms with Crippen LogP contribution in [0.25, 0.3) is 11.0 Å². The second kappa shape index (κ2) is 11.8. The number of anilines is 1. The van der Waals surface area contributed by atoms with Crippen molar-refractivity contribution in [1.29, 1.82) is 0 Å². The molecule has 8 nitrogen and oxygen atoms in total. The molecule has 39 heavy (non-hydrogen) atoms. The van der Waals surface area contributed by atoms with E-state index in [1.807, 2.05) is 29.3 Å². The Morgan fingerprint density at radius 3 is 2.67 bits per heavy atom. The first-order chi connectivity index (χ1) is 18.8. The van der Waals surface area contributed by atoms with Crippen LogP contribution in [0.2, 0.25) is 5.02 Å². The van der Waals surface area contributed by atoms with Crippen LogP contribution in [0.1, 0.15) is 76.9 Å². The number of hydrogen-bond acceptors (Lipinski definition) is 6. The fourth-order valence-corrected chi connectivity index (χ4v) is 5.91. The molecule has 0 aliphatic carbocycles. The Labute approximate surface area is 237 Å². The first kappa shape index (κ1) is 27.1. The maximum absolute atomic E-state index is 13.4. The lowest BCUT2D eigenvalue weighted by atomic mass is 10.0. The predicted molar refractivity (Wildman–Crippen MR) is 157 cm³/mol. The molecule has 3 N–H and O–H groups in total. The van der Waals surface area contributed by atoms with Crippen molar-refractivity contribution < 1.29 is 9.59 Å². The topological polar surface area (TPSA) is 103 Å². The Morgan fingerprint density at radius 2 is 1.92 bits per heavy atom. The maximum atomic E-state index is 13.4. The predicted octanol–water partition coefficient (Wildman–Crippen LogP) is 6.14. The summed E-state index contributed by atoms with van der Waals surface area (Å²) in [6, 6.07) is 10.7. The minimum Gasteiger partial charge on any atom is -0.359 e. The van der Waals surface area contributed by atoms with E-state index in [1.165, 1.54) is 0 Å². The molecule has 2 amide bonds. The average molecular weight is 565 g/mol. The van der Waals surface area contributed by atoms with Gasteiger partial charge in [0.15, 0.2) is 5.13 Å². The normalized spacial score (nSPS) is 14.2. The van der Waals surface area contributed by atoms with Gasteiger partial charge in [-0.2, -0.15) is 0 Å². The number of amides is 2. The van der Waals surface area contributed by atoms with Gasteiger partial charge in [0.05, 0.1) is 22.8 Å². The molecule has 1 aliphatic rings. The van der Waals surface area contributed by atoms with Crippen LogP contribution in [0.4, 0.5) is 5.13 Å². The third kappa shape index (κ3) is 6.42. The number of halogens is 1. The molecular weight excluding hydrogens is 532 g/mol. The molecule has 1 fully saturated rings. The van der Waals surface area contributed by atoms with Crippen molar-refractivity contribution in [3.63, 3.8) is 0 Å². The highest BCUT2D eigenvalue weighted by Gasteiger charge is 2.23. The van der Waals surface area contributed by atoms with E-state index in [9.17, 15) is 9.59 Å². The lowest BCUT2D eigenvalue weighted by molar-refractivity contribution is 0.0791. The summed E-state index contributed by atoms with van der Waals surface area (Å²) >= 11 is 7.76. The number of benzene rings is 2. The summed E-state index contributed by atoms with van der Waals surface area (Å²) in [6.07, 6.45) is 3.35. The van der Waals surface area contributed by atoms with Crippen LogP contribution in [0, 0.1) is 6.92 Å². The number of thiazole rings is 1. The standard InChI is InChI=1S/C29H33ClN6O2S/c1-17(2)31-29-32-21(16-39-29)8-11-24(26-33-23-10-7-20(30)15-25(23)34-26)35-27(37)19-6-9-22(18(3)14-19)28(38)36-12-4-5-13-36/h6-7,9-10,14-17,24H,4-5,8,11-13H2,1-3H3,(H,31,32)(H,33,34)(H,35,37)/t24-/m0/s1. The summed E-state index contributed by atoms with van der Waals surface area (Å²) in [5.41, 5.74) is 4.50. The van der Waals surface area contributed by atoms with Crippen LogP contribution in [-0.2, 0) is 6.42 Å². The molecule has 2 aromatic heterocycles.